The molecule has 0 bridgehead atoms. The average molecular weight is 275 g/mol. The van der Waals surface area contributed by atoms with Crippen molar-refractivity contribution in [3.05, 3.63) is 29.8 Å². The number of nitrogens with one attached hydrogen (secondary N) is 1. The van der Waals surface area contributed by atoms with Gasteiger partial charge in [-0.1, -0.05) is 18.2 Å². The van der Waals surface area contributed by atoms with Crippen LogP contribution in [-0.4, -0.2) is 26.2 Å². The molecule has 96 valence electrons. The van der Waals surface area contributed by atoms with Crippen molar-refractivity contribution in [2.45, 2.75) is 12.8 Å². The number of rotatable bonds is 2. The van der Waals surface area contributed by atoms with Crippen LogP contribution >= 0.6 is 24.8 Å². The van der Waals surface area contributed by atoms with Gasteiger partial charge in [0.1, 0.15) is 0 Å². The zero-order valence-electron chi connectivity index (χ0n) is 9.89. The second-order valence-corrected chi connectivity index (χ2v) is 4.68. The van der Waals surface area contributed by atoms with Gasteiger partial charge in [-0.3, -0.25) is 0 Å². The minimum absolute atomic E-state index is 0. The van der Waals surface area contributed by atoms with Gasteiger partial charge in [0.15, 0.2) is 0 Å². The average Bonchev–Trinajstić information content (AvgIpc) is 2.89. The largest absolute Gasteiger partial charge is 0.371 e. The first-order chi connectivity index (χ1) is 7.43. The quantitative estimate of drug-likeness (QED) is 0.892. The summed E-state index contributed by atoms with van der Waals surface area (Å²) in [5.74, 6) is 0.858. The minimum Gasteiger partial charge on any atom is -0.371 e. The van der Waals surface area contributed by atoms with Crippen LogP contribution in [0.1, 0.15) is 12.0 Å². The van der Waals surface area contributed by atoms with Gasteiger partial charge in [-0.15, -0.1) is 24.8 Å². The van der Waals surface area contributed by atoms with Crippen LogP contribution in [-0.2, 0) is 6.42 Å². The lowest BCUT2D eigenvalue weighted by atomic mass is 10.1. The van der Waals surface area contributed by atoms with Gasteiger partial charge < -0.3 is 10.2 Å². The Hall–Kier alpha value is -0.440. The van der Waals surface area contributed by atoms with Crippen LogP contribution in [0, 0.1) is 5.92 Å². The van der Waals surface area contributed by atoms with E-state index < -0.39 is 0 Å². The number of benzene rings is 1. The highest BCUT2D eigenvalue weighted by Crippen LogP contribution is 2.28. The van der Waals surface area contributed by atoms with E-state index >= 15 is 0 Å². The Balaban J connectivity index is 0.000000722. The fraction of sp³-hybridized carbons (Fsp3) is 0.538. The summed E-state index contributed by atoms with van der Waals surface area (Å²) < 4.78 is 0. The molecule has 1 saturated heterocycles. The number of halogens is 2. The highest BCUT2D eigenvalue weighted by molar-refractivity contribution is 5.85. The standard InChI is InChI=1S/C13H18N2.2ClH/c1-2-4-13-12(3-1)6-8-15(13)10-11-5-7-14-9-11;;/h1-4,11,14H,5-10H2;2*1H. The summed E-state index contributed by atoms with van der Waals surface area (Å²) in [6, 6.07) is 8.84. The molecule has 1 atom stereocenters. The summed E-state index contributed by atoms with van der Waals surface area (Å²) in [5.41, 5.74) is 3.01. The Morgan fingerprint density at radius 3 is 2.82 bits per heavy atom. The molecule has 0 amide bonds. The molecule has 1 fully saturated rings. The maximum Gasteiger partial charge on any atom is 0.0399 e. The fourth-order valence-corrected chi connectivity index (χ4v) is 2.78. The van der Waals surface area contributed by atoms with Crippen molar-refractivity contribution in [3.63, 3.8) is 0 Å². The van der Waals surface area contributed by atoms with Gasteiger partial charge in [-0.2, -0.15) is 0 Å². The molecule has 4 heteroatoms. The van der Waals surface area contributed by atoms with Gasteiger partial charge in [-0.05, 0) is 43.5 Å². The minimum atomic E-state index is 0. The number of fused-ring (bicyclic) bond motifs is 1. The fourth-order valence-electron chi connectivity index (χ4n) is 2.78. The third kappa shape index (κ3) is 3.06. The van der Waals surface area contributed by atoms with Crippen LogP contribution in [0.25, 0.3) is 0 Å². The number of nitrogens with zero attached hydrogens (tertiary/aromatic N) is 1. The van der Waals surface area contributed by atoms with Crippen molar-refractivity contribution in [1.82, 2.24) is 5.32 Å². The summed E-state index contributed by atoms with van der Waals surface area (Å²) in [7, 11) is 0. The van der Waals surface area contributed by atoms with Crippen molar-refractivity contribution in [2.24, 2.45) is 5.92 Å². The number of hydrogen-bond acceptors (Lipinski definition) is 2. The van der Waals surface area contributed by atoms with Gasteiger partial charge in [0, 0.05) is 18.8 Å². The third-order valence-electron chi connectivity index (χ3n) is 3.62. The Labute approximate surface area is 116 Å². The maximum atomic E-state index is 3.44. The van der Waals surface area contributed by atoms with Crippen LogP contribution in [0.2, 0.25) is 0 Å². The van der Waals surface area contributed by atoms with E-state index in [9.17, 15) is 0 Å². The normalized spacial score (nSPS) is 21.6. The number of hydrogen-bond donors (Lipinski definition) is 1. The van der Waals surface area contributed by atoms with Gasteiger partial charge in [0.2, 0.25) is 0 Å². The molecule has 0 aromatic heterocycles. The molecule has 2 aliphatic heterocycles. The second-order valence-electron chi connectivity index (χ2n) is 4.68. The molecule has 1 aromatic carbocycles. The molecule has 0 saturated carbocycles. The summed E-state index contributed by atoms with van der Waals surface area (Å²) in [6.07, 6.45) is 2.58. The van der Waals surface area contributed by atoms with E-state index in [-0.39, 0.29) is 24.8 Å². The third-order valence-corrected chi connectivity index (χ3v) is 3.62. The lowest BCUT2D eigenvalue weighted by molar-refractivity contribution is 0.567. The van der Waals surface area contributed by atoms with Crippen molar-refractivity contribution >= 4 is 30.5 Å². The summed E-state index contributed by atoms with van der Waals surface area (Å²) >= 11 is 0. The first-order valence-electron chi connectivity index (χ1n) is 5.97. The predicted octanol–water partition coefficient (Wildman–Crippen LogP) is 2.50. The van der Waals surface area contributed by atoms with E-state index in [0.717, 1.165) is 5.92 Å². The Morgan fingerprint density at radius 1 is 1.24 bits per heavy atom. The van der Waals surface area contributed by atoms with E-state index in [0.29, 0.717) is 0 Å². The highest BCUT2D eigenvalue weighted by atomic mass is 35.5. The molecular weight excluding hydrogens is 255 g/mol. The number of anilines is 1. The molecule has 3 rings (SSSR count). The molecule has 2 heterocycles. The molecule has 0 spiro atoms. The van der Waals surface area contributed by atoms with E-state index in [1.165, 1.54) is 50.3 Å². The van der Waals surface area contributed by atoms with Crippen molar-refractivity contribution < 1.29 is 0 Å². The van der Waals surface area contributed by atoms with Crippen LogP contribution in [0.4, 0.5) is 5.69 Å². The lowest BCUT2D eigenvalue weighted by Gasteiger charge is -2.22. The van der Waals surface area contributed by atoms with Crippen molar-refractivity contribution in [3.8, 4) is 0 Å². The molecule has 2 nitrogen and oxygen atoms in total. The van der Waals surface area contributed by atoms with Crippen LogP contribution in [0.3, 0.4) is 0 Å². The Bertz CT molecular complexity index is 351. The van der Waals surface area contributed by atoms with Crippen LogP contribution < -0.4 is 10.2 Å². The molecule has 1 unspecified atom stereocenters. The van der Waals surface area contributed by atoms with Gasteiger partial charge >= 0.3 is 0 Å². The summed E-state index contributed by atoms with van der Waals surface area (Å²) in [4.78, 5) is 2.56. The number of para-hydroxylation sites is 1. The molecule has 0 aliphatic carbocycles. The maximum absolute atomic E-state index is 3.44. The Kier molecular flexibility index (Phi) is 5.57. The molecule has 1 aromatic rings. The lowest BCUT2D eigenvalue weighted by Crippen LogP contribution is -2.28. The second kappa shape index (κ2) is 6.48. The van der Waals surface area contributed by atoms with E-state index in [1.807, 2.05) is 0 Å². The smallest absolute Gasteiger partial charge is 0.0399 e. The van der Waals surface area contributed by atoms with E-state index in [1.54, 1.807) is 0 Å². The summed E-state index contributed by atoms with van der Waals surface area (Å²) in [5, 5.41) is 3.44. The van der Waals surface area contributed by atoms with E-state index in [2.05, 4.69) is 34.5 Å². The van der Waals surface area contributed by atoms with Crippen LogP contribution in [0.15, 0.2) is 24.3 Å². The monoisotopic (exact) mass is 274 g/mol. The van der Waals surface area contributed by atoms with Gasteiger partial charge in [-0.25, -0.2) is 0 Å². The molecule has 2 aliphatic rings. The van der Waals surface area contributed by atoms with E-state index in [4.69, 9.17) is 0 Å². The highest BCUT2D eigenvalue weighted by Gasteiger charge is 2.23. The molecule has 0 radical (unpaired) electrons. The van der Waals surface area contributed by atoms with Crippen molar-refractivity contribution in [2.75, 3.05) is 31.1 Å². The SMILES string of the molecule is Cl.Cl.c1ccc2c(c1)CCN2CC1CCNC1. The van der Waals surface area contributed by atoms with Gasteiger partial charge in [0.25, 0.3) is 0 Å². The van der Waals surface area contributed by atoms with Crippen molar-refractivity contribution in [1.29, 1.82) is 0 Å². The first-order valence-corrected chi connectivity index (χ1v) is 5.97. The topological polar surface area (TPSA) is 15.3 Å². The first kappa shape index (κ1) is 14.6. The zero-order chi connectivity index (χ0) is 10.1. The predicted molar refractivity (Wildman–Crippen MR) is 77.8 cm³/mol. The molecule has 17 heavy (non-hydrogen) atoms. The molecular formula is C13H20Cl2N2. The Morgan fingerprint density at radius 2 is 2.06 bits per heavy atom. The van der Waals surface area contributed by atoms with Crippen LogP contribution in [0.5, 0.6) is 0 Å². The van der Waals surface area contributed by atoms with Gasteiger partial charge in [0.05, 0.1) is 0 Å². The zero-order valence-corrected chi connectivity index (χ0v) is 11.5. The molecule has 1 N–H and O–H groups in total. The summed E-state index contributed by atoms with van der Waals surface area (Å²) in [6.45, 7) is 4.87.